The molecule has 2 saturated carbocycles. The van der Waals surface area contributed by atoms with Crippen molar-refractivity contribution in [3.8, 4) is 0 Å². The summed E-state index contributed by atoms with van der Waals surface area (Å²) >= 11 is 0. The van der Waals surface area contributed by atoms with Gasteiger partial charge < -0.3 is 20.1 Å². The quantitative estimate of drug-likeness (QED) is 0.711. The molecule has 29 heavy (non-hydrogen) atoms. The number of ether oxygens (including phenoxy) is 2. The van der Waals surface area contributed by atoms with Gasteiger partial charge in [0.2, 0.25) is 11.8 Å². The van der Waals surface area contributed by atoms with E-state index in [1.165, 1.54) is 32.1 Å². The molecular formula is C23H38N2O4. The number of nitrogens with one attached hydrogen (secondary N) is 2. The number of hydrogen-bond acceptors (Lipinski definition) is 4. The van der Waals surface area contributed by atoms with Crippen molar-refractivity contribution >= 4 is 11.8 Å². The first kappa shape index (κ1) is 21.1. The molecular weight excluding hydrogens is 368 g/mol. The van der Waals surface area contributed by atoms with Gasteiger partial charge in [0, 0.05) is 25.3 Å². The zero-order chi connectivity index (χ0) is 20.1. The van der Waals surface area contributed by atoms with Crippen molar-refractivity contribution in [1.29, 1.82) is 0 Å². The normalized spacial score (nSPS) is 37.9. The van der Waals surface area contributed by atoms with Gasteiger partial charge in [-0.3, -0.25) is 9.59 Å². The summed E-state index contributed by atoms with van der Waals surface area (Å²) in [4.78, 5) is 24.5. The van der Waals surface area contributed by atoms with Crippen LogP contribution in [-0.2, 0) is 19.1 Å². The van der Waals surface area contributed by atoms with Crippen LogP contribution in [0, 0.1) is 11.8 Å². The van der Waals surface area contributed by atoms with Crippen LogP contribution in [0.3, 0.4) is 0 Å². The zero-order valence-electron chi connectivity index (χ0n) is 17.7. The first-order chi connectivity index (χ1) is 14.2. The van der Waals surface area contributed by atoms with Crippen molar-refractivity contribution in [1.82, 2.24) is 10.6 Å². The molecule has 6 nitrogen and oxygen atoms in total. The van der Waals surface area contributed by atoms with Crippen molar-refractivity contribution < 1.29 is 19.1 Å². The van der Waals surface area contributed by atoms with Crippen LogP contribution in [0.1, 0.15) is 83.5 Å². The van der Waals surface area contributed by atoms with Gasteiger partial charge in [-0.05, 0) is 95.3 Å². The van der Waals surface area contributed by atoms with Crippen LogP contribution in [0.2, 0.25) is 0 Å². The number of hydrogen-bond donors (Lipinski definition) is 2. The third-order valence-electron chi connectivity index (χ3n) is 7.50. The number of rotatable bonds is 6. The average molecular weight is 407 g/mol. The maximum atomic E-state index is 12.2. The number of amides is 2. The van der Waals surface area contributed by atoms with E-state index >= 15 is 0 Å². The maximum Gasteiger partial charge on any atom is 0.249 e. The summed E-state index contributed by atoms with van der Waals surface area (Å²) in [5.41, 5.74) is 0. The van der Waals surface area contributed by atoms with Crippen LogP contribution < -0.4 is 10.6 Å². The molecule has 4 fully saturated rings. The Labute approximate surface area is 174 Å². The van der Waals surface area contributed by atoms with Crippen LogP contribution in [0.5, 0.6) is 0 Å². The molecule has 0 aromatic rings. The molecule has 2 atom stereocenters. The predicted octanol–water partition coefficient (Wildman–Crippen LogP) is 3.08. The largest absolute Gasteiger partial charge is 0.368 e. The summed E-state index contributed by atoms with van der Waals surface area (Å²) in [6.07, 6.45) is 14.0. The monoisotopic (exact) mass is 406 g/mol. The first-order valence-corrected chi connectivity index (χ1v) is 12.0. The summed E-state index contributed by atoms with van der Waals surface area (Å²) in [5, 5.41) is 6.44. The molecule has 2 N–H and O–H groups in total. The standard InChI is InChI=1S/C23H38N2O4/c26-22(20-3-1-13-28-20)24-18-9-5-16(6-10-18)15-17-7-11-19(12-8-17)25-23(27)21-4-2-14-29-21/h16-21H,1-15H2,(H,24,26)(H,25,27)/t16?,17?,18?,19?,20-,21+. The second kappa shape index (κ2) is 10.3. The van der Waals surface area contributed by atoms with Crippen LogP contribution >= 0.6 is 0 Å². The highest BCUT2D eigenvalue weighted by Gasteiger charge is 2.31. The minimum atomic E-state index is -0.205. The Kier molecular flexibility index (Phi) is 7.46. The molecule has 0 spiro atoms. The number of carbonyl (C=O) groups is 2. The summed E-state index contributed by atoms with van der Waals surface area (Å²) < 4.78 is 11.0. The van der Waals surface area contributed by atoms with Crippen LogP contribution in [0.4, 0.5) is 0 Å². The van der Waals surface area contributed by atoms with Gasteiger partial charge in [-0.2, -0.15) is 0 Å². The molecule has 4 rings (SSSR count). The first-order valence-electron chi connectivity index (χ1n) is 12.0. The van der Waals surface area contributed by atoms with E-state index in [1.54, 1.807) is 0 Å². The van der Waals surface area contributed by atoms with Gasteiger partial charge in [0.25, 0.3) is 0 Å². The van der Waals surface area contributed by atoms with Crippen LogP contribution in [-0.4, -0.2) is 49.3 Å². The summed E-state index contributed by atoms with van der Waals surface area (Å²) in [6, 6.07) is 0.679. The number of carbonyl (C=O) groups excluding carboxylic acids is 2. The SMILES string of the molecule is O=C(NC1CCC(CC2CCC(NC(=O)[C@H]3CCCO3)CC2)CC1)[C@@H]1CCCO1. The molecule has 2 saturated heterocycles. The molecule has 0 unspecified atom stereocenters. The van der Waals surface area contributed by atoms with Gasteiger partial charge in [-0.15, -0.1) is 0 Å². The highest BCUT2D eigenvalue weighted by molar-refractivity contribution is 5.81. The molecule has 0 aromatic carbocycles. The lowest BCUT2D eigenvalue weighted by atomic mass is 9.75. The zero-order valence-corrected chi connectivity index (χ0v) is 17.7. The van der Waals surface area contributed by atoms with Crippen molar-refractivity contribution in [3.63, 3.8) is 0 Å². The Balaban J connectivity index is 1.10. The van der Waals surface area contributed by atoms with Gasteiger partial charge in [-0.1, -0.05) is 0 Å². The van der Waals surface area contributed by atoms with E-state index in [4.69, 9.17) is 9.47 Å². The Hall–Kier alpha value is -1.14. The van der Waals surface area contributed by atoms with Gasteiger partial charge in [0.1, 0.15) is 12.2 Å². The predicted molar refractivity (Wildman–Crippen MR) is 110 cm³/mol. The molecule has 0 bridgehead atoms. The van der Waals surface area contributed by atoms with Crippen molar-refractivity contribution in [2.45, 2.75) is 108 Å². The summed E-state index contributed by atoms with van der Waals surface area (Å²) in [7, 11) is 0. The molecule has 0 aromatic heterocycles. The molecule has 2 heterocycles. The Bertz CT molecular complexity index is 493. The van der Waals surface area contributed by atoms with Gasteiger partial charge in [-0.25, -0.2) is 0 Å². The third-order valence-corrected chi connectivity index (χ3v) is 7.50. The maximum absolute atomic E-state index is 12.2. The fourth-order valence-corrected chi connectivity index (χ4v) is 5.71. The van der Waals surface area contributed by atoms with Crippen molar-refractivity contribution in [2.75, 3.05) is 13.2 Å². The summed E-state index contributed by atoms with van der Waals surface area (Å²) in [5.74, 6) is 1.81. The lowest BCUT2D eigenvalue weighted by molar-refractivity contribution is -0.131. The van der Waals surface area contributed by atoms with E-state index in [2.05, 4.69) is 10.6 Å². The van der Waals surface area contributed by atoms with E-state index in [0.29, 0.717) is 12.1 Å². The van der Waals surface area contributed by atoms with E-state index < -0.39 is 0 Å². The van der Waals surface area contributed by atoms with E-state index in [9.17, 15) is 9.59 Å². The van der Waals surface area contributed by atoms with Crippen LogP contribution in [0.25, 0.3) is 0 Å². The van der Waals surface area contributed by atoms with E-state index in [1.807, 2.05) is 0 Å². The van der Waals surface area contributed by atoms with E-state index in [-0.39, 0.29) is 24.0 Å². The minimum absolute atomic E-state index is 0.106. The lowest BCUT2D eigenvalue weighted by Crippen LogP contribution is -2.43. The average Bonchev–Trinajstić information content (AvgIpc) is 3.45. The fraction of sp³-hybridized carbons (Fsp3) is 0.913. The fourth-order valence-electron chi connectivity index (χ4n) is 5.71. The molecule has 2 aliphatic heterocycles. The second-order valence-corrected chi connectivity index (χ2v) is 9.69. The van der Waals surface area contributed by atoms with Gasteiger partial charge in [0.05, 0.1) is 0 Å². The smallest absolute Gasteiger partial charge is 0.249 e. The van der Waals surface area contributed by atoms with Gasteiger partial charge >= 0.3 is 0 Å². The van der Waals surface area contributed by atoms with Gasteiger partial charge in [0.15, 0.2) is 0 Å². The highest BCUT2D eigenvalue weighted by atomic mass is 16.5. The molecule has 6 heteroatoms. The lowest BCUT2D eigenvalue weighted by Gasteiger charge is -2.35. The summed E-state index contributed by atoms with van der Waals surface area (Å²) in [6.45, 7) is 1.45. The minimum Gasteiger partial charge on any atom is -0.368 e. The van der Waals surface area contributed by atoms with Crippen molar-refractivity contribution in [2.24, 2.45) is 11.8 Å². The third kappa shape index (κ3) is 5.94. The Morgan fingerprint density at radius 1 is 0.621 bits per heavy atom. The molecule has 0 radical (unpaired) electrons. The topological polar surface area (TPSA) is 76.7 Å². The van der Waals surface area contributed by atoms with Crippen molar-refractivity contribution in [3.05, 3.63) is 0 Å². The highest BCUT2D eigenvalue weighted by Crippen LogP contribution is 2.35. The Morgan fingerprint density at radius 2 is 1.03 bits per heavy atom. The molecule has 164 valence electrons. The Morgan fingerprint density at radius 3 is 1.38 bits per heavy atom. The molecule has 2 amide bonds. The van der Waals surface area contributed by atoms with Crippen LogP contribution in [0.15, 0.2) is 0 Å². The van der Waals surface area contributed by atoms with E-state index in [0.717, 1.165) is 76.4 Å². The molecule has 2 aliphatic carbocycles. The molecule has 4 aliphatic rings. The second-order valence-electron chi connectivity index (χ2n) is 9.69.